The lowest BCUT2D eigenvalue weighted by molar-refractivity contribution is 0.0954. The van der Waals surface area contributed by atoms with Gasteiger partial charge in [0.1, 0.15) is 0 Å². The van der Waals surface area contributed by atoms with E-state index in [1.54, 1.807) is 19.3 Å². The van der Waals surface area contributed by atoms with Gasteiger partial charge < -0.3 is 15.6 Å². The van der Waals surface area contributed by atoms with Crippen LogP contribution in [0, 0.1) is 0 Å². The molecule has 3 N–H and O–H groups in total. The SMILES string of the molecule is Cn1ccc(C(=O)NCCN)cc1=O. The number of hydrogen-bond donors (Lipinski definition) is 2. The molecular formula is C9H13N3O2. The summed E-state index contributed by atoms with van der Waals surface area (Å²) in [6, 6.07) is 2.89. The summed E-state index contributed by atoms with van der Waals surface area (Å²) in [6.07, 6.45) is 1.56. The highest BCUT2D eigenvalue weighted by atomic mass is 16.2. The quantitative estimate of drug-likeness (QED) is 0.654. The standard InChI is InChI=1S/C9H13N3O2/c1-12-5-2-7(6-8(12)13)9(14)11-4-3-10/h2,5-6H,3-4,10H2,1H3,(H,11,14). The predicted octanol–water partition coefficient (Wildman–Crippen LogP) is -0.926. The van der Waals surface area contributed by atoms with Gasteiger partial charge in [0, 0.05) is 38.0 Å². The molecule has 1 heterocycles. The van der Waals surface area contributed by atoms with Gasteiger partial charge in [-0.15, -0.1) is 0 Å². The van der Waals surface area contributed by atoms with Gasteiger partial charge in [0.15, 0.2) is 0 Å². The molecule has 0 bridgehead atoms. The Kier molecular flexibility index (Phi) is 3.41. The van der Waals surface area contributed by atoms with Crippen molar-refractivity contribution in [3.05, 3.63) is 34.2 Å². The molecule has 1 amide bonds. The van der Waals surface area contributed by atoms with Crippen molar-refractivity contribution in [2.24, 2.45) is 12.8 Å². The summed E-state index contributed by atoms with van der Waals surface area (Å²) in [5, 5.41) is 2.58. The number of rotatable bonds is 3. The molecule has 1 rings (SSSR count). The predicted molar refractivity (Wildman–Crippen MR) is 53.1 cm³/mol. The van der Waals surface area contributed by atoms with Crippen molar-refractivity contribution in [1.29, 1.82) is 0 Å². The fraction of sp³-hybridized carbons (Fsp3) is 0.333. The highest BCUT2D eigenvalue weighted by Gasteiger charge is 2.04. The Bertz CT molecular complexity index is 384. The van der Waals surface area contributed by atoms with Crippen LogP contribution < -0.4 is 16.6 Å². The van der Waals surface area contributed by atoms with Crippen molar-refractivity contribution in [2.75, 3.05) is 13.1 Å². The van der Waals surface area contributed by atoms with E-state index in [1.807, 2.05) is 0 Å². The second kappa shape index (κ2) is 4.57. The molecule has 0 aromatic carbocycles. The zero-order chi connectivity index (χ0) is 10.6. The van der Waals surface area contributed by atoms with Crippen LogP contribution in [0.3, 0.4) is 0 Å². The summed E-state index contributed by atoms with van der Waals surface area (Å²) in [4.78, 5) is 22.5. The van der Waals surface area contributed by atoms with Gasteiger partial charge in [0.2, 0.25) is 0 Å². The highest BCUT2D eigenvalue weighted by molar-refractivity contribution is 5.93. The van der Waals surface area contributed by atoms with Crippen molar-refractivity contribution in [3.8, 4) is 0 Å². The van der Waals surface area contributed by atoms with E-state index in [4.69, 9.17) is 5.73 Å². The zero-order valence-electron chi connectivity index (χ0n) is 7.99. The van der Waals surface area contributed by atoms with Gasteiger partial charge in [0.25, 0.3) is 11.5 Å². The summed E-state index contributed by atoms with van der Waals surface area (Å²) in [7, 11) is 1.63. The molecule has 0 unspecified atom stereocenters. The van der Waals surface area contributed by atoms with Crippen molar-refractivity contribution >= 4 is 5.91 Å². The normalized spacial score (nSPS) is 9.86. The first kappa shape index (κ1) is 10.5. The van der Waals surface area contributed by atoms with Crippen LogP contribution in [0.5, 0.6) is 0 Å². The van der Waals surface area contributed by atoms with Crippen molar-refractivity contribution in [1.82, 2.24) is 9.88 Å². The molecule has 0 radical (unpaired) electrons. The van der Waals surface area contributed by atoms with Crippen LogP contribution in [-0.2, 0) is 7.05 Å². The Morgan fingerprint density at radius 1 is 1.64 bits per heavy atom. The monoisotopic (exact) mass is 195 g/mol. The molecule has 5 nitrogen and oxygen atoms in total. The molecule has 0 spiro atoms. The van der Waals surface area contributed by atoms with Crippen LogP contribution in [0.1, 0.15) is 10.4 Å². The van der Waals surface area contributed by atoms with Crippen LogP contribution in [0.4, 0.5) is 0 Å². The van der Waals surface area contributed by atoms with E-state index in [9.17, 15) is 9.59 Å². The van der Waals surface area contributed by atoms with E-state index >= 15 is 0 Å². The van der Waals surface area contributed by atoms with E-state index in [0.717, 1.165) is 0 Å². The summed E-state index contributed by atoms with van der Waals surface area (Å²) >= 11 is 0. The van der Waals surface area contributed by atoms with Gasteiger partial charge >= 0.3 is 0 Å². The molecule has 0 saturated heterocycles. The number of carbonyl (C=O) groups is 1. The van der Waals surface area contributed by atoms with E-state index in [0.29, 0.717) is 18.7 Å². The molecule has 0 atom stereocenters. The van der Waals surface area contributed by atoms with E-state index in [1.165, 1.54) is 10.6 Å². The molecular weight excluding hydrogens is 182 g/mol. The first-order chi connectivity index (χ1) is 6.65. The first-order valence-corrected chi connectivity index (χ1v) is 4.30. The van der Waals surface area contributed by atoms with Gasteiger partial charge in [0.05, 0.1) is 0 Å². The lowest BCUT2D eigenvalue weighted by Gasteiger charge is -2.03. The van der Waals surface area contributed by atoms with E-state index in [2.05, 4.69) is 5.32 Å². The molecule has 5 heteroatoms. The minimum Gasteiger partial charge on any atom is -0.351 e. The maximum Gasteiger partial charge on any atom is 0.251 e. The second-order valence-corrected chi connectivity index (χ2v) is 2.91. The number of nitrogens with zero attached hydrogens (tertiary/aromatic N) is 1. The van der Waals surface area contributed by atoms with Crippen molar-refractivity contribution in [3.63, 3.8) is 0 Å². The fourth-order valence-corrected chi connectivity index (χ4v) is 0.978. The molecule has 0 aliphatic carbocycles. The molecule has 1 aromatic heterocycles. The number of carbonyl (C=O) groups excluding carboxylic acids is 1. The third-order valence-corrected chi connectivity index (χ3v) is 1.80. The van der Waals surface area contributed by atoms with E-state index < -0.39 is 0 Å². The highest BCUT2D eigenvalue weighted by Crippen LogP contribution is 1.93. The third-order valence-electron chi connectivity index (χ3n) is 1.80. The third kappa shape index (κ3) is 2.43. The van der Waals surface area contributed by atoms with Gasteiger partial charge in [-0.05, 0) is 6.07 Å². The van der Waals surface area contributed by atoms with Crippen LogP contribution in [0.2, 0.25) is 0 Å². The molecule has 1 aromatic rings. The minimum atomic E-state index is -0.270. The Labute approximate surface area is 81.5 Å². The number of amides is 1. The summed E-state index contributed by atoms with van der Waals surface area (Å²) < 4.78 is 1.40. The number of hydrogen-bond acceptors (Lipinski definition) is 3. The largest absolute Gasteiger partial charge is 0.351 e. The number of pyridine rings is 1. The minimum absolute atomic E-state index is 0.203. The van der Waals surface area contributed by atoms with Crippen molar-refractivity contribution < 1.29 is 4.79 Å². The summed E-state index contributed by atoms with van der Waals surface area (Å²) in [5.74, 6) is -0.270. The zero-order valence-corrected chi connectivity index (χ0v) is 7.99. The smallest absolute Gasteiger partial charge is 0.251 e. The van der Waals surface area contributed by atoms with Crippen LogP contribution >= 0.6 is 0 Å². The second-order valence-electron chi connectivity index (χ2n) is 2.91. The van der Waals surface area contributed by atoms with Crippen LogP contribution in [0.25, 0.3) is 0 Å². The first-order valence-electron chi connectivity index (χ1n) is 4.30. The maximum atomic E-state index is 11.4. The van der Waals surface area contributed by atoms with Crippen LogP contribution in [-0.4, -0.2) is 23.6 Å². The van der Waals surface area contributed by atoms with Gasteiger partial charge in [-0.25, -0.2) is 0 Å². The number of aromatic nitrogens is 1. The Hall–Kier alpha value is -1.62. The summed E-state index contributed by atoms with van der Waals surface area (Å²) in [5.41, 5.74) is 5.39. The van der Waals surface area contributed by atoms with Crippen LogP contribution in [0.15, 0.2) is 23.1 Å². The van der Waals surface area contributed by atoms with Gasteiger partial charge in [-0.3, -0.25) is 9.59 Å². The number of aryl methyl sites for hydroxylation is 1. The Balaban J connectivity index is 2.81. The molecule has 0 saturated carbocycles. The average molecular weight is 195 g/mol. The summed E-state index contributed by atoms with van der Waals surface area (Å²) in [6.45, 7) is 0.796. The lowest BCUT2D eigenvalue weighted by atomic mass is 10.2. The topological polar surface area (TPSA) is 77.1 Å². The molecule has 14 heavy (non-hydrogen) atoms. The molecule has 76 valence electrons. The number of nitrogens with one attached hydrogen (secondary N) is 1. The fourth-order valence-electron chi connectivity index (χ4n) is 0.978. The Morgan fingerprint density at radius 2 is 2.36 bits per heavy atom. The average Bonchev–Trinajstić information content (AvgIpc) is 2.18. The lowest BCUT2D eigenvalue weighted by Crippen LogP contribution is -2.30. The van der Waals surface area contributed by atoms with Gasteiger partial charge in [-0.2, -0.15) is 0 Å². The number of nitrogens with two attached hydrogens (primary N) is 1. The maximum absolute atomic E-state index is 11.4. The van der Waals surface area contributed by atoms with Gasteiger partial charge in [-0.1, -0.05) is 0 Å². The van der Waals surface area contributed by atoms with E-state index in [-0.39, 0.29) is 11.5 Å². The molecule has 0 fully saturated rings. The van der Waals surface area contributed by atoms with Crippen molar-refractivity contribution in [2.45, 2.75) is 0 Å². The molecule has 0 aliphatic heterocycles. The Morgan fingerprint density at radius 3 is 2.93 bits per heavy atom. The molecule has 0 aliphatic rings.